The Morgan fingerprint density at radius 1 is 0.935 bits per heavy atom. The summed E-state index contributed by atoms with van der Waals surface area (Å²) in [7, 11) is -3.47. The molecule has 3 heterocycles. The van der Waals surface area contributed by atoms with Gasteiger partial charge in [0.2, 0.25) is 10.0 Å². The average molecular weight is 440 g/mol. The van der Waals surface area contributed by atoms with Gasteiger partial charge in [-0.15, -0.1) is 0 Å². The van der Waals surface area contributed by atoms with Gasteiger partial charge in [0.25, 0.3) is 0 Å². The van der Waals surface area contributed by atoms with Gasteiger partial charge in [0.1, 0.15) is 0 Å². The zero-order chi connectivity index (χ0) is 21.8. The Labute approximate surface area is 184 Å². The van der Waals surface area contributed by atoms with Gasteiger partial charge in [-0.25, -0.2) is 8.42 Å². The van der Waals surface area contributed by atoms with E-state index in [2.05, 4.69) is 28.8 Å². The van der Waals surface area contributed by atoms with Gasteiger partial charge in [0.15, 0.2) is 0 Å². The van der Waals surface area contributed by atoms with Gasteiger partial charge >= 0.3 is 0 Å². The maximum atomic E-state index is 13.1. The van der Waals surface area contributed by atoms with Crippen LogP contribution in [-0.4, -0.2) is 58.6 Å². The van der Waals surface area contributed by atoms with E-state index in [-0.39, 0.29) is 0 Å². The third kappa shape index (κ3) is 4.71. The number of sulfonamides is 1. The van der Waals surface area contributed by atoms with Crippen LogP contribution in [0.5, 0.6) is 0 Å². The van der Waals surface area contributed by atoms with Crippen LogP contribution in [0.3, 0.4) is 0 Å². The molecule has 0 bridgehead atoms. The highest BCUT2D eigenvalue weighted by molar-refractivity contribution is 7.89. The molecule has 0 saturated carbocycles. The highest BCUT2D eigenvalue weighted by Gasteiger charge is 2.28. The summed E-state index contributed by atoms with van der Waals surface area (Å²) in [6.07, 6.45) is 6.37. The van der Waals surface area contributed by atoms with E-state index >= 15 is 0 Å². The highest BCUT2D eigenvalue weighted by Crippen LogP contribution is 2.23. The van der Waals surface area contributed by atoms with Crippen molar-refractivity contribution < 1.29 is 8.42 Å². The summed E-state index contributed by atoms with van der Waals surface area (Å²) in [4.78, 5) is 6.68. The normalized spacial score (nSPS) is 17.0. The van der Waals surface area contributed by atoms with Gasteiger partial charge in [0.05, 0.1) is 17.3 Å². The molecule has 1 atom stereocenters. The second-order valence-electron chi connectivity index (χ2n) is 7.99. The molecule has 0 radical (unpaired) electrons. The topological polar surface area (TPSA) is 71.3 Å². The Kier molecular flexibility index (Phi) is 6.50. The average Bonchev–Trinajstić information content (AvgIpc) is 3.27. The highest BCUT2D eigenvalue weighted by atomic mass is 32.2. The van der Waals surface area contributed by atoms with E-state index in [0.29, 0.717) is 43.7 Å². The Morgan fingerprint density at radius 3 is 2.26 bits per heavy atom. The van der Waals surface area contributed by atoms with Gasteiger partial charge in [-0.2, -0.15) is 9.40 Å². The third-order valence-electron chi connectivity index (χ3n) is 6.06. The number of rotatable bonds is 7. The Morgan fingerprint density at radius 2 is 1.61 bits per heavy atom. The molecule has 164 valence electrons. The first kappa shape index (κ1) is 21.7. The number of nitrogens with zero attached hydrogens (tertiary/aromatic N) is 5. The molecular formula is C23H29N5O2S. The lowest BCUT2D eigenvalue weighted by Crippen LogP contribution is -2.48. The molecule has 2 aromatic heterocycles. The molecule has 1 unspecified atom stereocenters. The van der Waals surface area contributed by atoms with Crippen LogP contribution < -0.4 is 0 Å². The summed E-state index contributed by atoms with van der Waals surface area (Å²) in [5, 5.41) is 4.45. The fraction of sp³-hybridized carbons (Fsp3) is 0.391. The van der Waals surface area contributed by atoms with E-state index < -0.39 is 10.0 Å². The second kappa shape index (κ2) is 9.30. The smallest absolute Gasteiger partial charge is 0.243 e. The summed E-state index contributed by atoms with van der Waals surface area (Å²) in [5.41, 5.74) is 3.27. The van der Waals surface area contributed by atoms with Crippen molar-refractivity contribution in [3.05, 3.63) is 66.6 Å². The lowest BCUT2D eigenvalue weighted by atomic mass is 9.99. The van der Waals surface area contributed by atoms with E-state index in [4.69, 9.17) is 0 Å². The van der Waals surface area contributed by atoms with E-state index in [1.54, 1.807) is 35.0 Å². The van der Waals surface area contributed by atoms with Crippen molar-refractivity contribution >= 4 is 10.0 Å². The number of pyridine rings is 1. The van der Waals surface area contributed by atoms with Crippen molar-refractivity contribution in [3.63, 3.8) is 0 Å². The molecule has 0 spiro atoms. The predicted octanol–water partition coefficient (Wildman–Crippen LogP) is 3.42. The van der Waals surface area contributed by atoms with Crippen LogP contribution in [0.1, 0.15) is 31.7 Å². The molecule has 0 aliphatic carbocycles. The SMILES string of the molecule is CCC(C)c1ccc(S(=O)(=O)N2CCN(Cn3nccc3-c3ccncc3)CC2)cc1. The number of benzene rings is 1. The van der Waals surface area contributed by atoms with Crippen LogP contribution in [0.25, 0.3) is 11.3 Å². The van der Waals surface area contributed by atoms with Crippen molar-refractivity contribution in [2.24, 2.45) is 0 Å². The summed E-state index contributed by atoms with van der Waals surface area (Å²) in [5.74, 6) is 0.430. The zero-order valence-corrected chi connectivity index (χ0v) is 18.9. The predicted molar refractivity (Wildman–Crippen MR) is 121 cm³/mol. The molecule has 1 aliphatic rings. The first-order chi connectivity index (χ1) is 15.0. The third-order valence-corrected chi connectivity index (χ3v) is 7.97. The maximum absolute atomic E-state index is 13.1. The molecule has 1 aromatic carbocycles. The summed E-state index contributed by atoms with van der Waals surface area (Å²) in [6, 6.07) is 13.3. The minimum Gasteiger partial charge on any atom is -0.282 e. The van der Waals surface area contributed by atoms with E-state index in [1.165, 1.54) is 5.56 Å². The first-order valence-electron chi connectivity index (χ1n) is 10.7. The molecule has 1 aliphatic heterocycles. The Balaban J connectivity index is 1.39. The summed E-state index contributed by atoms with van der Waals surface area (Å²) < 4.78 is 29.7. The van der Waals surface area contributed by atoms with E-state index in [0.717, 1.165) is 17.7 Å². The molecule has 1 fully saturated rings. The molecule has 0 amide bonds. The van der Waals surface area contributed by atoms with Crippen molar-refractivity contribution in [1.29, 1.82) is 0 Å². The minimum atomic E-state index is -3.47. The molecule has 1 saturated heterocycles. The standard InChI is InChI=1S/C23H29N5O2S/c1-3-19(2)20-4-6-22(7-5-20)31(29,30)27-16-14-26(15-17-27)18-28-23(10-13-25-28)21-8-11-24-12-9-21/h4-13,19H,3,14-18H2,1-2H3. The zero-order valence-electron chi connectivity index (χ0n) is 18.1. The minimum absolute atomic E-state index is 0.375. The fourth-order valence-electron chi connectivity index (χ4n) is 3.87. The Bertz CT molecular complexity index is 1090. The van der Waals surface area contributed by atoms with E-state index in [1.807, 2.05) is 35.0 Å². The molecular weight excluding hydrogens is 410 g/mol. The van der Waals surface area contributed by atoms with E-state index in [9.17, 15) is 8.42 Å². The number of hydrogen-bond donors (Lipinski definition) is 0. The van der Waals surface area contributed by atoms with Crippen molar-refractivity contribution in [2.75, 3.05) is 26.2 Å². The fourth-order valence-corrected chi connectivity index (χ4v) is 5.29. The number of piperazine rings is 1. The maximum Gasteiger partial charge on any atom is 0.243 e. The van der Waals surface area contributed by atoms with Crippen LogP contribution in [0.15, 0.2) is 66.0 Å². The van der Waals surface area contributed by atoms with Gasteiger partial charge in [-0.05, 0) is 48.2 Å². The van der Waals surface area contributed by atoms with Crippen molar-refractivity contribution in [3.8, 4) is 11.3 Å². The Hall–Kier alpha value is -2.55. The van der Waals surface area contributed by atoms with Crippen LogP contribution in [0, 0.1) is 0 Å². The summed E-state index contributed by atoms with van der Waals surface area (Å²) >= 11 is 0. The summed E-state index contributed by atoms with van der Waals surface area (Å²) in [6.45, 7) is 7.20. The van der Waals surface area contributed by atoms with Crippen LogP contribution in [0.4, 0.5) is 0 Å². The monoisotopic (exact) mass is 439 g/mol. The molecule has 31 heavy (non-hydrogen) atoms. The van der Waals surface area contributed by atoms with Gasteiger partial charge < -0.3 is 0 Å². The lowest BCUT2D eigenvalue weighted by molar-refractivity contribution is 0.146. The largest absolute Gasteiger partial charge is 0.282 e. The molecule has 8 heteroatoms. The number of hydrogen-bond acceptors (Lipinski definition) is 5. The van der Waals surface area contributed by atoms with Gasteiger partial charge in [-0.1, -0.05) is 26.0 Å². The quantitative estimate of drug-likeness (QED) is 0.564. The van der Waals surface area contributed by atoms with Crippen molar-refractivity contribution in [1.82, 2.24) is 24.0 Å². The van der Waals surface area contributed by atoms with Crippen LogP contribution in [0.2, 0.25) is 0 Å². The number of aromatic nitrogens is 3. The molecule has 4 rings (SSSR count). The lowest BCUT2D eigenvalue weighted by Gasteiger charge is -2.34. The van der Waals surface area contributed by atoms with Gasteiger partial charge in [0, 0.05) is 50.3 Å². The van der Waals surface area contributed by atoms with Crippen molar-refractivity contribution in [2.45, 2.75) is 37.8 Å². The van der Waals surface area contributed by atoms with Crippen LogP contribution in [-0.2, 0) is 16.7 Å². The second-order valence-corrected chi connectivity index (χ2v) is 9.93. The van der Waals surface area contributed by atoms with Gasteiger partial charge in [-0.3, -0.25) is 14.6 Å². The first-order valence-corrected chi connectivity index (χ1v) is 12.2. The van der Waals surface area contributed by atoms with Crippen LogP contribution >= 0.6 is 0 Å². The molecule has 0 N–H and O–H groups in total. The molecule has 3 aromatic rings. The molecule has 7 nitrogen and oxygen atoms in total.